The number of benzene rings is 1. The van der Waals surface area contributed by atoms with E-state index < -0.39 is 5.54 Å². The molecule has 1 aromatic heterocycles. The molecule has 1 fully saturated rings. The zero-order valence-corrected chi connectivity index (χ0v) is 14.6. The maximum absolute atomic E-state index is 12.5. The van der Waals surface area contributed by atoms with Crippen LogP contribution >= 0.6 is 11.8 Å². The lowest BCUT2D eigenvalue weighted by molar-refractivity contribution is -0.121. The minimum Gasteiger partial charge on any atom is -0.337 e. The van der Waals surface area contributed by atoms with Crippen LogP contribution in [0.2, 0.25) is 0 Å². The first-order valence-corrected chi connectivity index (χ1v) is 9.26. The number of rotatable bonds is 4. The SMILES string of the molecule is C[C@@H](Sc1ccc2ccccc2n1)C(=O)NC1(C#N)CCCCC1. The van der Waals surface area contributed by atoms with E-state index in [1.807, 2.05) is 43.3 Å². The first kappa shape index (κ1) is 16.8. The number of amides is 1. The highest BCUT2D eigenvalue weighted by Gasteiger charge is 2.34. The fourth-order valence-corrected chi connectivity index (χ4v) is 3.93. The van der Waals surface area contributed by atoms with Gasteiger partial charge in [0.15, 0.2) is 0 Å². The van der Waals surface area contributed by atoms with Crippen LogP contribution in [0.4, 0.5) is 0 Å². The van der Waals surface area contributed by atoms with E-state index in [1.54, 1.807) is 0 Å². The maximum atomic E-state index is 12.5. The number of hydrogen-bond acceptors (Lipinski definition) is 4. The monoisotopic (exact) mass is 339 g/mol. The second-order valence-electron chi connectivity index (χ2n) is 6.35. The minimum absolute atomic E-state index is 0.0848. The third-order valence-corrected chi connectivity index (χ3v) is 5.56. The lowest BCUT2D eigenvalue weighted by Crippen LogP contribution is -2.50. The molecule has 1 aliphatic rings. The quantitative estimate of drug-likeness (QED) is 0.853. The van der Waals surface area contributed by atoms with Gasteiger partial charge in [-0.1, -0.05) is 55.3 Å². The summed E-state index contributed by atoms with van der Waals surface area (Å²) < 4.78 is 0. The highest BCUT2D eigenvalue weighted by atomic mass is 32.2. The van der Waals surface area contributed by atoms with Gasteiger partial charge in [0.2, 0.25) is 5.91 Å². The molecule has 0 spiro atoms. The molecule has 1 saturated carbocycles. The van der Waals surface area contributed by atoms with Gasteiger partial charge in [0.25, 0.3) is 0 Å². The Kier molecular flexibility index (Phi) is 5.06. The van der Waals surface area contributed by atoms with Crippen LogP contribution in [0.3, 0.4) is 0 Å². The molecule has 0 aliphatic heterocycles. The summed E-state index contributed by atoms with van der Waals surface area (Å²) in [7, 11) is 0. The summed E-state index contributed by atoms with van der Waals surface area (Å²) in [4.78, 5) is 17.1. The van der Waals surface area contributed by atoms with Gasteiger partial charge < -0.3 is 5.32 Å². The van der Waals surface area contributed by atoms with Crippen molar-refractivity contribution in [1.82, 2.24) is 10.3 Å². The summed E-state index contributed by atoms with van der Waals surface area (Å²) in [6, 6.07) is 14.2. The molecule has 3 rings (SSSR count). The van der Waals surface area contributed by atoms with Gasteiger partial charge in [-0.25, -0.2) is 4.98 Å². The molecule has 5 heteroatoms. The molecule has 1 heterocycles. The second-order valence-corrected chi connectivity index (χ2v) is 7.71. The summed E-state index contributed by atoms with van der Waals surface area (Å²) in [6.07, 6.45) is 4.65. The van der Waals surface area contributed by atoms with Crippen LogP contribution < -0.4 is 5.32 Å². The Bertz CT molecular complexity index is 778. The second kappa shape index (κ2) is 7.23. The van der Waals surface area contributed by atoms with Crippen molar-refractivity contribution in [3.05, 3.63) is 36.4 Å². The van der Waals surface area contributed by atoms with Crippen molar-refractivity contribution in [2.45, 2.75) is 54.8 Å². The fraction of sp³-hybridized carbons (Fsp3) is 0.421. The van der Waals surface area contributed by atoms with E-state index in [4.69, 9.17) is 0 Å². The lowest BCUT2D eigenvalue weighted by atomic mass is 9.83. The van der Waals surface area contributed by atoms with Gasteiger partial charge in [0, 0.05) is 5.39 Å². The summed E-state index contributed by atoms with van der Waals surface area (Å²) in [6.45, 7) is 1.87. The topological polar surface area (TPSA) is 65.8 Å². The molecular weight excluding hydrogens is 318 g/mol. The normalized spacial score (nSPS) is 17.8. The average Bonchev–Trinajstić information content (AvgIpc) is 2.62. The van der Waals surface area contributed by atoms with E-state index in [2.05, 4.69) is 16.4 Å². The van der Waals surface area contributed by atoms with Crippen LogP contribution in [0, 0.1) is 11.3 Å². The lowest BCUT2D eigenvalue weighted by Gasteiger charge is -2.32. The van der Waals surface area contributed by atoms with Crippen molar-refractivity contribution >= 4 is 28.6 Å². The number of para-hydroxylation sites is 1. The summed E-state index contributed by atoms with van der Waals surface area (Å²) >= 11 is 1.43. The Morgan fingerprint density at radius 3 is 2.75 bits per heavy atom. The number of aromatic nitrogens is 1. The number of carbonyl (C=O) groups excluding carboxylic acids is 1. The number of carbonyl (C=O) groups is 1. The molecule has 0 bridgehead atoms. The van der Waals surface area contributed by atoms with Gasteiger partial charge in [0.05, 0.1) is 21.9 Å². The Labute approximate surface area is 146 Å². The van der Waals surface area contributed by atoms with E-state index in [9.17, 15) is 10.1 Å². The van der Waals surface area contributed by atoms with Crippen molar-refractivity contribution < 1.29 is 4.79 Å². The number of hydrogen-bond donors (Lipinski definition) is 1. The summed E-state index contributed by atoms with van der Waals surface area (Å²) in [5.41, 5.74) is 0.247. The van der Waals surface area contributed by atoms with Gasteiger partial charge in [0.1, 0.15) is 5.54 Å². The predicted molar refractivity (Wildman–Crippen MR) is 96.6 cm³/mol. The molecule has 0 unspecified atom stereocenters. The fourth-order valence-electron chi connectivity index (χ4n) is 3.11. The zero-order chi connectivity index (χ0) is 17.0. The van der Waals surface area contributed by atoms with Crippen molar-refractivity contribution in [2.24, 2.45) is 0 Å². The molecule has 1 amide bonds. The standard InChI is InChI=1S/C19H21N3OS/c1-14(18(23)22-19(13-20)11-5-2-6-12-19)24-17-10-9-15-7-3-4-8-16(15)21-17/h3-4,7-10,14H,2,5-6,11-12H2,1H3,(H,22,23)/t14-/m1/s1. The van der Waals surface area contributed by atoms with Gasteiger partial charge >= 0.3 is 0 Å². The number of fused-ring (bicyclic) bond motifs is 1. The smallest absolute Gasteiger partial charge is 0.234 e. The molecular formula is C19H21N3OS. The third-order valence-electron chi connectivity index (χ3n) is 4.52. The van der Waals surface area contributed by atoms with E-state index in [0.717, 1.165) is 48.0 Å². The van der Waals surface area contributed by atoms with Crippen LogP contribution in [-0.4, -0.2) is 21.7 Å². The van der Waals surface area contributed by atoms with Crippen LogP contribution in [0.25, 0.3) is 10.9 Å². The molecule has 1 aliphatic carbocycles. The van der Waals surface area contributed by atoms with Crippen molar-refractivity contribution in [3.63, 3.8) is 0 Å². The average molecular weight is 339 g/mol. The molecule has 1 N–H and O–H groups in total. The Morgan fingerprint density at radius 2 is 2.00 bits per heavy atom. The first-order valence-electron chi connectivity index (χ1n) is 8.38. The van der Waals surface area contributed by atoms with E-state index >= 15 is 0 Å². The number of pyridine rings is 1. The molecule has 0 saturated heterocycles. The molecule has 1 aromatic carbocycles. The number of nitriles is 1. The Balaban J connectivity index is 1.67. The van der Waals surface area contributed by atoms with Crippen molar-refractivity contribution in [3.8, 4) is 6.07 Å². The molecule has 0 radical (unpaired) electrons. The summed E-state index contributed by atoms with van der Waals surface area (Å²) in [5, 5.41) is 14.1. The number of nitrogens with zero attached hydrogens (tertiary/aromatic N) is 2. The highest BCUT2D eigenvalue weighted by molar-refractivity contribution is 8.00. The molecule has 1 atom stereocenters. The molecule has 124 valence electrons. The molecule has 2 aromatic rings. The molecule has 4 nitrogen and oxygen atoms in total. The van der Waals surface area contributed by atoms with Gasteiger partial charge in [-0.15, -0.1) is 0 Å². The van der Waals surface area contributed by atoms with Crippen LogP contribution in [0.1, 0.15) is 39.0 Å². The summed E-state index contributed by atoms with van der Waals surface area (Å²) in [5.74, 6) is -0.0848. The van der Waals surface area contributed by atoms with Gasteiger partial charge in [-0.2, -0.15) is 5.26 Å². The molecule has 24 heavy (non-hydrogen) atoms. The van der Waals surface area contributed by atoms with Crippen LogP contribution in [0.15, 0.2) is 41.4 Å². The van der Waals surface area contributed by atoms with Crippen molar-refractivity contribution in [2.75, 3.05) is 0 Å². The van der Waals surface area contributed by atoms with Gasteiger partial charge in [-0.3, -0.25) is 4.79 Å². The highest BCUT2D eigenvalue weighted by Crippen LogP contribution is 2.29. The number of nitrogens with one attached hydrogen (secondary N) is 1. The van der Waals surface area contributed by atoms with Crippen molar-refractivity contribution in [1.29, 1.82) is 5.26 Å². The first-order chi connectivity index (χ1) is 11.6. The van der Waals surface area contributed by atoms with Crippen LogP contribution in [0.5, 0.6) is 0 Å². The van der Waals surface area contributed by atoms with E-state index in [-0.39, 0.29) is 11.2 Å². The third kappa shape index (κ3) is 3.70. The van der Waals surface area contributed by atoms with E-state index in [1.165, 1.54) is 11.8 Å². The predicted octanol–water partition coefficient (Wildman–Crippen LogP) is 4.06. The zero-order valence-electron chi connectivity index (χ0n) is 13.8. The minimum atomic E-state index is -0.680. The van der Waals surface area contributed by atoms with Gasteiger partial charge in [-0.05, 0) is 31.9 Å². The largest absolute Gasteiger partial charge is 0.337 e. The van der Waals surface area contributed by atoms with E-state index in [0.29, 0.717) is 0 Å². The Morgan fingerprint density at radius 1 is 1.25 bits per heavy atom. The van der Waals surface area contributed by atoms with Crippen LogP contribution in [-0.2, 0) is 4.79 Å². The number of thioether (sulfide) groups is 1. The Hall–Kier alpha value is -2.06. The maximum Gasteiger partial charge on any atom is 0.234 e.